The highest BCUT2D eigenvalue weighted by molar-refractivity contribution is 5.92. The number of carbonyl (C=O) groups excluding carboxylic acids is 2. The first-order valence-electron chi connectivity index (χ1n) is 7.32. The summed E-state index contributed by atoms with van der Waals surface area (Å²) in [6.07, 6.45) is 0.439. The molecule has 0 fully saturated rings. The lowest BCUT2D eigenvalue weighted by Gasteiger charge is -2.24. The summed E-state index contributed by atoms with van der Waals surface area (Å²) >= 11 is 0. The Labute approximate surface area is 134 Å². The van der Waals surface area contributed by atoms with Gasteiger partial charge in [-0.3, -0.25) is 9.59 Å². The number of aliphatic carboxylic acids is 1. The number of carbonyl (C=O) groups is 3. The summed E-state index contributed by atoms with van der Waals surface area (Å²) in [6, 6.07) is -3.78. The quantitative estimate of drug-likeness (QED) is 0.193. The number of carboxylic acid groups (broad SMARTS) is 1. The van der Waals surface area contributed by atoms with Crippen LogP contribution < -0.4 is 22.1 Å². The summed E-state index contributed by atoms with van der Waals surface area (Å²) < 4.78 is 0. The second-order valence-corrected chi connectivity index (χ2v) is 5.20. The van der Waals surface area contributed by atoms with Gasteiger partial charge in [-0.05, 0) is 26.3 Å². The lowest BCUT2D eigenvalue weighted by molar-refractivity contribution is -0.144. The third kappa shape index (κ3) is 7.88. The van der Waals surface area contributed by atoms with Gasteiger partial charge in [0.25, 0.3) is 0 Å². The van der Waals surface area contributed by atoms with Gasteiger partial charge in [-0.25, -0.2) is 4.79 Å². The predicted octanol–water partition coefficient (Wildman–Crippen LogP) is -3.13. The number of hydrogen-bond donors (Lipinski definition) is 7. The van der Waals surface area contributed by atoms with Crippen molar-refractivity contribution < 1.29 is 29.7 Å². The van der Waals surface area contributed by atoms with Gasteiger partial charge in [0.2, 0.25) is 11.8 Å². The molecule has 0 spiro atoms. The van der Waals surface area contributed by atoms with Crippen molar-refractivity contribution in [3.05, 3.63) is 0 Å². The molecule has 4 atom stereocenters. The summed E-state index contributed by atoms with van der Waals surface area (Å²) in [7, 11) is 0. The fraction of sp³-hybridized carbons (Fsp3) is 0.769. The van der Waals surface area contributed by atoms with Crippen LogP contribution in [0.5, 0.6) is 0 Å². The molecule has 10 heteroatoms. The summed E-state index contributed by atoms with van der Waals surface area (Å²) in [4.78, 5) is 34.7. The van der Waals surface area contributed by atoms with Crippen LogP contribution in [0.4, 0.5) is 0 Å². The van der Waals surface area contributed by atoms with E-state index >= 15 is 0 Å². The van der Waals surface area contributed by atoms with Crippen LogP contribution in [-0.4, -0.2) is 70.5 Å². The van der Waals surface area contributed by atoms with Gasteiger partial charge >= 0.3 is 5.97 Å². The molecule has 0 aromatic carbocycles. The highest BCUT2D eigenvalue weighted by Crippen LogP contribution is 2.01. The zero-order valence-electron chi connectivity index (χ0n) is 13.1. The number of aliphatic hydroxyl groups is 2. The molecule has 9 N–H and O–H groups in total. The standard InChI is InChI=1S/C13H26N4O6/c1-7(19)10(12(21)16-9(6-18)13(22)23)17-11(20)8(15)4-2-3-5-14/h7-10,18-19H,2-6,14-15H2,1H3,(H,16,21)(H,17,20)(H,22,23)/t7-,8+,9+,10+/m1/s1. The first-order chi connectivity index (χ1) is 10.7. The monoisotopic (exact) mass is 334 g/mol. The van der Waals surface area contributed by atoms with Crippen LogP contribution in [0, 0.1) is 0 Å². The minimum atomic E-state index is -1.53. The van der Waals surface area contributed by atoms with Gasteiger partial charge in [-0.1, -0.05) is 6.42 Å². The Morgan fingerprint density at radius 1 is 1.13 bits per heavy atom. The van der Waals surface area contributed by atoms with Crippen molar-refractivity contribution in [2.45, 2.75) is 50.4 Å². The van der Waals surface area contributed by atoms with Gasteiger partial charge in [0.15, 0.2) is 0 Å². The van der Waals surface area contributed by atoms with E-state index in [2.05, 4.69) is 5.32 Å². The molecular weight excluding hydrogens is 308 g/mol. The lowest BCUT2D eigenvalue weighted by atomic mass is 10.1. The van der Waals surface area contributed by atoms with Gasteiger partial charge in [-0.15, -0.1) is 0 Å². The van der Waals surface area contributed by atoms with Crippen LogP contribution in [0.25, 0.3) is 0 Å². The van der Waals surface area contributed by atoms with Crippen molar-refractivity contribution in [3.63, 3.8) is 0 Å². The van der Waals surface area contributed by atoms with Crippen molar-refractivity contribution >= 4 is 17.8 Å². The summed E-state index contributed by atoms with van der Waals surface area (Å²) in [5.74, 6) is -3.00. The van der Waals surface area contributed by atoms with E-state index in [4.69, 9.17) is 21.7 Å². The smallest absolute Gasteiger partial charge is 0.328 e. The average molecular weight is 334 g/mol. The van der Waals surface area contributed by atoms with Gasteiger partial charge in [-0.2, -0.15) is 0 Å². The number of aliphatic hydroxyl groups excluding tert-OH is 2. The van der Waals surface area contributed by atoms with Gasteiger partial charge in [0.1, 0.15) is 12.1 Å². The molecule has 0 aliphatic rings. The van der Waals surface area contributed by atoms with E-state index in [-0.39, 0.29) is 0 Å². The molecule has 0 unspecified atom stereocenters. The second kappa shape index (κ2) is 10.9. The molecule has 0 radical (unpaired) electrons. The first kappa shape index (κ1) is 21.2. The fourth-order valence-corrected chi connectivity index (χ4v) is 1.75. The Bertz CT molecular complexity index is 404. The molecule has 0 aliphatic heterocycles. The topological polar surface area (TPSA) is 188 Å². The Morgan fingerprint density at radius 2 is 1.74 bits per heavy atom. The number of carboxylic acids is 1. The number of hydrogen-bond acceptors (Lipinski definition) is 7. The third-order valence-electron chi connectivity index (χ3n) is 3.17. The van der Waals surface area contributed by atoms with Crippen LogP contribution in [-0.2, 0) is 14.4 Å². The van der Waals surface area contributed by atoms with Crippen LogP contribution in [0.3, 0.4) is 0 Å². The van der Waals surface area contributed by atoms with E-state index < -0.39 is 48.6 Å². The molecule has 0 saturated carbocycles. The zero-order valence-corrected chi connectivity index (χ0v) is 13.1. The molecule has 0 aromatic rings. The first-order valence-corrected chi connectivity index (χ1v) is 7.32. The maximum absolute atomic E-state index is 12.0. The van der Waals surface area contributed by atoms with E-state index in [1.54, 1.807) is 0 Å². The number of amides is 2. The zero-order chi connectivity index (χ0) is 18.0. The Kier molecular flexibility index (Phi) is 10.1. The van der Waals surface area contributed by atoms with Gasteiger partial charge in [0.05, 0.1) is 18.8 Å². The van der Waals surface area contributed by atoms with Crippen LogP contribution in [0.1, 0.15) is 26.2 Å². The van der Waals surface area contributed by atoms with Gasteiger partial charge in [0, 0.05) is 0 Å². The van der Waals surface area contributed by atoms with E-state index in [1.165, 1.54) is 6.92 Å². The fourth-order valence-electron chi connectivity index (χ4n) is 1.75. The molecule has 0 aromatic heterocycles. The summed E-state index contributed by atoms with van der Waals surface area (Å²) in [5, 5.41) is 31.6. The highest BCUT2D eigenvalue weighted by atomic mass is 16.4. The molecule has 0 rings (SSSR count). The second-order valence-electron chi connectivity index (χ2n) is 5.20. The molecule has 0 bridgehead atoms. The summed E-state index contributed by atoms with van der Waals surface area (Å²) in [6.45, 7) is 0.921. The van der Waals surface area contributed by atoms with Crippen LogP contribution in [0.15, 0.2) is 0 Å². The van der Waals surface area contributed by atoms with Crippen molar-refractivity contribution in [1.29, 1.82) is 0 Å². The van der Waals surface area contributed by atoms with Gasteiger partial charge < -0.3 is 37.4 Å². The minimum absolute atomic E-state index is 0.367. The Hall–Kier alpha value is -1.75. The molecule has 23 heavy (non-hydrogen) atoms. The van der Waals surface area contributed by atoms with E-state index in [0.717, 1.165) is 0 Å². The van der Waals surface area contributed by atoms with Crippen LogP contribution in [0.2, 0.25) is 0 Å². The molecule has 0 saturated heterocycles. The van der Waals surface area contributed by atoms with E-state index in [0.29, 0.717) is 25.8 Å². The summed E-state index contributed by atoms with van der Waals surface area (Å²) in [5.41, 5.74) is 11.0. The van der Waals surface area contributed by atoms with E-state index in [9.17, 15) is 19.5 Å². The maximum atomic E-state index is 12.0. The lowest BCUT2D eigenvalue weighted by Crippen LogP contribution is -2.58. The minimum Gasteiger partial charge on any atom is -0.480 e. The molecular formula is C13H26N4O6. The molecule has 10 nitrogen and oxygen atoms in total. The van der Waals surface area contributed by atoms with Crippen LogP contribution >= 0.6 is 0 Å². The predicted molar refractivity (Wildman–Crippen MR) is 81.1 cm³/mol. The number of nitrogens with one attached hydrogen (secondary N) is 2. The van der Waals surface area contributed by atoms with E-state index in [1.807, 2.05) is 5.32 Å². The third-order valence-corrected chi connectivity index (χ3v) is 3.17. The molecule has 2 amide bonds. The van der Waals surface area contributed by atoms with Crippen molar-refractivity contribution in [2.75, 3.05) is 13.2 Å². The molecule has 0 heterocycles. The van der Waals surface area contributed by atoms with Crippen molar-refractivity contribution in [1.82, 2.24) is 10.6 Å². The maximum Gasteiger partial charge on any atom is 0.328 e. The SMILES string of the molecule is C[C@@H](O)[C@H](NC(=O)[C@@H](N)CCCCN)C(=O)N[C@@H](CO)C(=O)O. The molecule has 0 aliphatic carbocycles. The van der Waals surface area contributed by atoms with Crippen molar-refractivity contribution in [3.8, 4) is 0 Å². The normalized spacial score (nSPS) is 16.0. The number of unbranched alkanes of at least 4 members (excludes halogenated alkanes) is 1. The largest absolute Gasteiger partial charge is 0.480 e. The highest BCUT2D eigenvalue weighted by Gasteiger charge is 2.30. The average Bonchev–Trinajstić information content (AvgIpc) is 2.48. The Balaban J connectivity index is 4.69. The number of rotatable bonds is 11. The number of nitrogens with two attached hydrogens (primary N) is 2. The Morgan fingerprint density at radius 3 is 2.17 bits per heavy atom. The van der Waals surface area contributed by atoms with Crippen molar-refractivity contribution in [2.24, 2.45) is 11.5 Å². The molecule has 134 valence electrons.